The third kappa shape index (κ3) is 5.29. The van der Waals surface area contributed by atoms with Crippen LogP contribution in [-0.4, -0.2) is 29.1 Å². The van der Waals surface area contributed by atoms with Crippen molar-refractivity contribution in [2.45, 2.75) is 0 Å². The van der Waals surface area contributed by atoms with Gasteiger partial charge in [0.05, 0.1) is 22.1 Å². The fourth-order valence-electron chi connectivity index (χ4n) is 8.58. The smallest absolute Gasteiger partial charge is 0.238 e. The van der Waals surface area contributed by atoms with Gasteiger partial charge in [-0.05, 0) is 59.7 Å². The first-order valence-electron chi connectivity index (χ1n) is 19.7. The molecular weight excluding hydrogens is 725 g/mol. The Morgan fingerprint density at radius 3 is 1.61 bits per heavy atom. The van der Waals surface area contributed by atoms with Gasteiger partial charge in [-0.1, -0.05) is 146 Å². The zero-order chi connectivity index (χ0) is 38.9. The fraction of sp³-hybridized carbons (Fsp3) is 0. The second kappa shape index (κ2) is 13.2. The topological polar surface area (TPSA) is 74.6 Å². The number of aromatic nitrogens is 6. The second-order valence-electron chi connectivity index (χ2n) is 14.7. The Bertz CT molecular complexity index is 3490. The van der Waals surface area contributed by atoms with Crippen molar-refractivity contribution < 1.29 is 4.42 Å². The highest BCUT2D eigenvalue weighted by Crippen LogP contribution is 2.42. The molecule has 0 bridgehead atoms. The highest BCUT2D eigenvalue weighted by Gasteiger charge is 2.24. The number of para-hydroxylation sites is 5. The van der Waals surface area contributed by atoms with Crippen LogP contribution in [0.4, 0.5) is 0 Å². The molecule has 0 aliphatic rings. The van der Waals surface area contributed by atoms with Crippen LogP contribution in [0.3, 0.4) is 0 Å². The molecule has 0 saturated carbocycles. The van der Waals surface area contributed by atoms with E-state index < -0.39 is 0 Å². The maximum Gasteiger partial charge on any atom is 0.238 e. The lowest BCUT2D eigenvalue weighted by Crippen LogP contribution is -2.06. The Balaban J connectivity index is 1.13. The lowest BCUT2D eigenvalue weighted by molar-refractivity contribution is 0.669. The van der Waals surface area contributed by atoms with Crippen molar-refractivity contribution in [3.63, 3.8) is 0 Å². The summed E-state index contributed by atoms with van der Waals surface area (Å²) < 4.78 is 11.1. The van der Waals surface area contributed by atoms with E-state index in [4.69, 9.17) is 24.4 Å². The molecule has 4 aromatic heterocycles. The van der Waals surface area contributed by atoms with Crippen molar-refractivity contribution in [1.29, 1.82) is 0 Å². The maximum atomic E-state index is 6.67. The molecule has 0 radical (unpaired) electrons. The molecule has 0 spiro atoms. The molecule has 59 heavy (non-hydrogen) atoms. The minimum absolute atomic E-state index is 0.533. The van der Waals surface area contributed by atoms with Crippen LogP contribution in [0.2, 0.25) is 0 Å². The molecule has 4 heterocycles. The summed E-state index contributed by atoms with van der Waals surface area (Å²) in [5.41, 5.74) is 11.4. The molecule has 12 rings (SSSR count). The van der Waals surface area contributed by atoms with Gasteiger partial charge in [0.25, 0.3) is 0 Å². The van der Waals surface area contributed by atoms with E-state index in [1.807, 2.05) is 42.5 Å². The van der Waals surface area contributed by atoms with Gasteiger partial charge in [0, 0.05) is 43.9 Å². The van der Waals surface area contributed by atoms with Crippen LogP contribution in [0, 0.1) is 0 Å². The van der Waals surface area contributed by atoms with Crippen LogP contribution in [0.25, 0.3) is 112 Å². The van der Waals surface area contributed by atoms with Crippen LogP contribution in [0.1, 0.15) is 0 Å². The van der Waals surface area contributed by atoms with Crippen LogP contribution in [0.15, 0.2) is 199 Å². The summed E-state index contributed by atoms with van der Waals surface area (Å²) in [7, 11) is 0. The predicted octanol–water partition coefficient (Wildman–Crippen LogP) is 12.9. The number of furan rings is 1. The molecule has 0 aliphatic carbocycles. The number of hydrogen-bond acceptors (Lipinski definition) is 5. The predicted molar refractivity (Wildman–Crippen MR) is 238 cm³/mol. The fourth-order valence-corrected chi connectivity index (χ4v) is 8.58. The van der Waals surface area contributed by atoms with E-state index in [2.05, 4.69) is 161 Å². The molecule has 12 aromatic rings. The molecule has 7 heteroatoms. The molecule has 8 aromatic carbocycles. The Hall–Kier alpha value is -8.16. The Morgan fingerprint density at radius 1 is 0.356 bits per heavy atom. The van der Waals surface area contributed by atoms with E-state index in [1.54, 1.807) is 0 Å². The van der Waals surface area contributed by atoms with Crippen LogP contribution < -0.4 is 0 Å². The van der Waals surface area contributed by atoms with Crippen molar-refractivity contribution >= 4 is 54.8 Å². The van der Waals surface area contributed by atoms with Gasteiger partial charge in [-0.3, -0.25) is 9.13 Å². The molecule has 7 nitrogen and oxygen atoms in total. The summed E-state index contributed by atoms with van der Waals surface area (Å²) in [5.74, 6) is 2.47. The molecular formula is C52H32N6O. The third-order valence-electron chi connectivity index (χ3n) is 11.2. The van der Waals surface area contributed by atoms with Crippen molar-refractivity contribution in [1.82, 2.24) is 29.1 Å². The van der Waals surface area contributed by atoms with E-state index in [9.17, 15) is 0 Å². The van der Waals surface area contributed by atoms with Gasteiger partial charge in [-0.15, -0.1) is 0 Å². The van der Waals surface area contributed by atoms with Crippen molar-refractivity contribution in [2.75, 3.05) is 0 Å². The summed E-state index contributed by atoms with van der Waals surface area (Å²) in [6, 6.07) is 66.6. The summed E-state index contributed by atoms with van der Waals surface area (Å²) in [6.45, 7) is 0. The van der Waals surface area contributed by atoms with Gasteiger partial charge in [0.1, 0.15) is 17.0 Å². The van der Waals surface area contributed by atoms with Gasteiger partial charge in [0.15, 0.2) is 11.6 Å². The highest BCUT2D eigenvalue weighted by atomic mass is 16.3. The van der Waals surface area contributed by atoms with E-state index in [-0.39, 0.29) is 0 Å². The molecule has 0 N–H and O–H groups in total. The van der Waals surface area contributed by atoms with Gasteiger partial charge in [0.2, 0.25) is 5.95 Å². The average Bonchev–Trinajstić information content (AvgIpc) is 4.00. The molecule has 0 aliphatic heterocycles. The number of nitrogens with zero attached hydrogens (tertiary/aromatic N) is 6. The lowest BCUT2D eigenvalue weighted by Gasteiger charge is -2.12. The summed E-state index contributed by atoms with van der Waals surface area (Å²) >= 11 is 0. The Kier molecular flexibility index (Phi) is 7.40. The second-order valence-corrected chi connectivity index (χ2v) is 14.7. The van der Waals surface area contributed by atoms with Gasteiger partial charge >= 0.3 is 0 Å². The minimum atomic E-state index is 0.533. The zero-order valence-corrected chi connectivity index (χ0v) is 31.6. The van der Waals surface area contributed by atoms with Gasteiger partial charge in [-0.25, -0.2) is 9.97 Å². The number of rotatable bonds is 6. The minimum Gasteiger partial charge on any atom is -0.456 e. The van der Waals surface area contributed by atoms with E-state index in [0.717, 1.165) is 94.1 Å². The third-order valence-corrected chi connectivity index (χ3v) is 11.2. The van der Waals surface area contributed by atoms with Crippen LogP contribution >= 0.6 is 0 Å². The quantitative estimate of drug-likeness (QED) is 0.169. The largest absolute Gasteiger partial charge is 0.456 e. The first-order valence-corrected chi connectivity index (χ1v) is 19.7. The molecule has 0 unspecified atom stereocenters. The van der Waals surface area contributed by atoms with Crippen molar-refractivity contribution in [3.8, 4) is 56.9 Å². The van der Waals surface area contributed by atoms with Crippen LogP contribution in [0.5, 0.6) is 0 Å². The van der Waals surface area contributed by atoms with Crippen LogP contribution in [-0.2, 0) is 0 Å². The van der Waals surface area contributed by atoms with E-state index in [0.29, 0.717) is 17.6 Å². The van der Waals surface area contributed by atoms with Gasteiger partial charge in [-0.2, -0.15) is 9.97 Å². The summed E-state index contributed by atoms with van der Waals surface area (Å²) in [4.78, 5) is 21.1. The zero-order valence-electron chi connectivity index (χ0n) is 31.6. The van der Waals surface area contributed by atoms with E-state index >= 15 is 0 Å². The SMILES string of the molecule is c1ccc(-c2ccc(-c3nc(-c4cccc5oc6cccc(-c7nc8ccccc8n7-c7ccccc7)c6c45)nc(-n4c5ccccc5c5ccccc54)n3)cc2)cc1. The average molecular weight is 757 g/mol. The number of benzene rings is 8. The molecule has 0 atom stereocenters. The normalized spacial score (nSPS) is 11.7. The van der Waals surface area contributed by atoms with Crippen molar-refractivity contribution in [3.05, 3.63) is 194 Å². The molecule has 276 valence electrons. The molecule has 0 saturated heterocycles. The first-order chi connectivity index (χ1) is 29.3. The number of imidazole rings is 1. The Labute approximate surface area is 338 Å². The monoisotopic (exact) mass is 756 g/mol. The van der Waals surface area contributed by atoms with E-state index in [1.165, 1.54) is 0 Å². The number of fused-ring (bicyclic) bond motifs is 7. The standard InChI is InChI=1S/C52H32N6O/c1-3-15-33(16-4-1)34-29-31-35(32-30-34)49-54-50(56-52(55-49)58-42-24-10-7-19-37(42)38-20-8-11-25-43(38)58)39-21-13-27-45-47(39)48-40(22-14-28-46(48)59-45)51-53-41-23-9-12-26-44(41)57(51)36-17-5-2-6-18-36/h1-32H. The number of hydrogen-bond donors (Lipinski definition) is 0. The molecule has 0 fully saturated rings. The maximum absolute atomic E-state index is 6.67. The first kappa shape index (κ1) is 33.0. The highest BCUT2D eigenvalue weighted by molar-refractivity contribution is 6.17. The summed E-state index contributed by atoms with van der Waals surface area (Å²) in [5, 5.41) is 4.12. The summed E-state index contributed by atoms with van der Waals surface area (Å²) in [6.07, 6.45) is 0. The van der Waals surface area contributed by atoms with Gasteiger partial charge < -0.3 is 4.42 Å². The van der Waals surface area contributed by atoms with Crippen molar-refractivity contribution in [2.24, 2.45) is 0 Å². The lowest BCUT2D eigenvalue weighted by atomic mass is 10.0. The Morgan fingerprint density at radius 2 is 0.898 bits per heavy atom. The molecule has 0 amide bonds.